The van der Waals surface area contributed by atoms with Crippen molar-refractivity contribution in [1.82, 2.24) is 10.2 Å². The number of benzene rings is 1. The van der Waals surface area contributed by atoms with Crippen molar-refractivity contribution in [3.8, 4) is 5.75 Å². The molecule has 0 bridgehead atoms. The molecule has 0 aromatic heterocycles. The van der Waals surface area contributed by atoms with Crippen LogP contribution in [0.1, 0.15) is 56.9 Å². The zero-order valence-electron chi connectivity index (χ0n) is 14.5. The molecule has 4 nitrogen and oxygen atoms in total. The molecule has 0 unspecified atom stereocenters. The maximum absolute atomic E-state index is 12.6. The summed E-state index contributed by atoms with van der Waals surface area (Å²) in [6.45, 7) is 1.67. The lowest BCUT2D eigenvalue weighted by molar-refractivity contribution is 0.152. The topological polar surface area (TPSA) is 52.6 Å². The minimum absolute atomic E-state index is 0.138. The van der Waals surface area contributed by atoms with Crippen LogP contribution in [0.15, 0.2) is 24.3 Å². The van der Waals surface area contributed by atoms with Crippen LogP contribution in [0.3, 0.4) is 0 Å². The molecule has 2 N–H and O–H groups in total. The van der Waals surface area contributed by atoms with E-state index in [0.717, 1.165) is 25.3 Å². The quantitative estimate of drug-likeness (QED) is 0.740. The number of hydrogen-bond acceptors (Lipinski definition) is 2. The predicted octanol–water partition coefficient (Wildman–Crippen LogP) is 4.08. The second-order valence-corrected chi connectivity index (χ2v) is 7.39. The van der Waals surface area contributed by atoms with E-state index in [-0.39, 0.29) is 6.03 Å². The molecule has 0 aliphatic heterocycles. The number of urea groups is 1. The fraction of sp³-hybridized carbons (Fsp3) is 0.650. The zero-order chi connectivity index (χ0) is 16.8. The lowest BCUT2D eigenvalue weighted by Gasteiger charge is -2.34. The average molecular weight is 330 g/mol. The van der Waals surface area contributed by atoms with Gasteiger partial charge in [0.15, 0.2) is 0 Å². The fourth-order valence-corrected chi connectivity index (χ4v) is 3.62. The molecule has 0 saturated heterocycles. The molecule has 2 aliphatic carbocycles. The Morgan fingerprint density at radius 1 is 1.08 bits per heavy atom. The number of carbonyl (C=O) groups excluding carboxylic acids is 1. The summed E-state index contributed by atoms with van der Waals surface area (Å²) in [6.07, 6.45) is 10.6. The summed E-state index contributed by atoms with van der Waals surface area (Å²) in [4.78, 5) is 14.8. The molecule has 0 heterocycles. The van der Waals surface area contributed by atoms with Gasteiger partial charge in [-0.05, 0) is 62.1 Å². The van der Waals surface area contributed by atoms with Crippen LogP contribution in [0.5, 0.6) is 5.75 Å². The second kappa shape index (κ2) is 8.41. The van der Waals surface area contributed by atoms with Crippen molar-refractivity contribution in [2.45, 2.75) is 63.8 Å². The van der Waals surface area contributed by atoms with Gasteiger partial charge in [0.25, 0.3) is 0 Å². The van der Waals surface area contributed by atoms with Gasteiger partial charge in [0.1, 0.15) is 5.75 Å². The highest BCUT2D eigenvalue weighted by atomic mass is 16.3. The van der Waals surface area contributed by atoms with Crippen LogP contribution in [-0.2, 0) is 6.42 Å². The zero-order valence-corrected chi connectivity index (χ0v) is 14.5. The van der Waals surface area contributed by atoms with Gasteiger partial charge in [-0.25, -0.2) is 4.79 Å². The Balaban J connectivity index is 1.43. The Kier molecular flexibility index (Phi) is 6.00. The van der Waals surface area contributed by atoms with Crippen molar-refractivity contribution in [2.24, 2.45) is 5.92 Å². The van der Waals surface area contributed by atoms with E-state index in [0.29, 0.717) is 18.3 Å². The Labute approximate surface area is 145 Å². The highest BCUT2D eigenvalue weighted by molar-refractivity contribution is 5.74. The van der Waals surface area contributed by atoms with E-state index in [9.17, 15) is 9.90 Å². The Bertz CT molecular complexity index is 519. The maximum Gasteiger partial charge on any atom is 0.317 e. The molecular weight excluding hydrogens is 300 g/mol. The minimum Gasteiger partial charge on any atom is -0.508 e. The summed E-state index contributed by atoms with van der Waals surface area (Å²) in [7, 11) is 0. The minimum atomic E-state index is 0.138. The number of aromatic hydroxyl groups is 1. The smallest absolute Gasteiger partial charge is 0.317 e. The van der Waals surface area contributed by atoms with E-state index in [2.05, 4.69) is 10.2 Å². The number of nitrogens with one attached hydrogen (secondary N) is 1. The highest BCUT2D eigenvalue weighted by Gasteiger charge is 2.31. The monoisotopic (exact) mass is 330 g/mol. The van der Waals surface area contributed by atoms with E-state index in [4.69, 9.17) is 0 Å². The van der Waals surface area contributed by atoms with Crippen LogP contribution < -0.4 is 5.32 Å². The molecule has 2 aliphatic rings. The molecule has 24 heavy (non-hydrogen) atoms. The lowest BCUT2D eigenvalue weighted by atomic mass is 9.94. The van der Waals surface area contributed by atoms with Gasteiger partial charge in [0.2, 0.25) is 0 Å². The largest absolute Gasteiger partial charge is 0.508 e. The van der Waals surface area contributed by atoms with Gasteiger partial charge in [-0.2, -0.15) is 0 Å². The van der Waals surface area contributed by atoms with Crippen LogP contribution in [0.2, 0.25) is 0 Å². The number of hydrogen-bond donors (Lipinski definition) is 2. The Morgan fingerprint density at radius 2 is 1.79 bits per heavy atom. The summed E-state index contributed by atoms with van der Waals surface area (Å²) in [5, 5.41) is 12.4. The Hall–Kier alpha value is -1.71. The van der Waals surface area contributed by atoms with Crippen molar-refractivity contribution < 1.29 is 9.90 Å². The van der Waals surface area contributed by atoms with Gasteiger partial charge in [-0.15, -0.1) is 0 Å². The van der Waals surface area contributed by atoms with Crippen molar-refractivity contribution in [3.63, 3.8) is 0 Å². The number of phenolic OH excluding ortho intramolecular Hbond substituents is 1. The normalized spacial score (nSPS) is 18.3. The summed E-state index contributed by atoms with van der Waals surface area (Å²) in [5.74, 6) is 1.05. The molecule has 3 rings (SSSR count). The first-order valence-corrected chi connectivity index (χ1v) is 9.55. The van der Waals surface area contributed by atoms with Crippen molar-refractivity contribution in [3.05, 3.63) is 29.8 Å². The van der Waals surface area contributed by atoms with Gasteiger partial charge < -0.3 is 15.3 Å². The fourth-order valence-electron chi connectivity index (χ4n) is 3.62. The first kappa shape index (κ1) is 17.1. The number of carbonyl (C=O) groups is 1. The Morgan fingerprint density at radius 3 is 2.46 bits per heavy atom. The number of nitrogens with zero attached hydrogens (tertiary/aromatic N) is 1. The number of phenols is 1. The van der Waals surface area contributed by atoms with Crippen molar-refractivity contribution in [2.75, 3.05) is 13.1 Å². The van der Waals surface area contributed by atoms with Crippen LogP contribution in [0.25, 0.3) is 0 Å². The van der Waals surface area contributed by atoms with E-state index in [1.54, 1.807) is 12.1 Å². The summed E-state index contributed by atoms with van der Waals surface area (Å²) in [5.41, 5.74) is 1.20. The third-order valence-corrected chi connectivity index (χ3v) is 5.28. The number of amides is 2. The maximum atomic E-state index is 12.6. The molecule has 1 aromatic carbocycles. The molecule has 0 spiro atoms. The van der Waals surface area contributed by atoms with Crippen LogP contribution >= 0.6 is 0 Å². The molecule has 4 heteroatoms. The van der Waals surface area contributed by atoms with Gasteiger partial charge >= 0.3 is 6.03 Å². The van der Waals surface area contributed by atoms with Crippen LogP contribution in [0, 0.1) is 5.92 Å². The molecule has 2 saturated carbocycles. The van der Waals surface area contributed by atoms with Crippen molar-refractivity contribution in [1.29, 1.82) is 0 Å². The summed E-state index contributed by atoms with van der Waals surface area (Å²) < 4.78 is 0. The first-order valence-electron chi connectivity index (χ1n) is 9.55. The van der Waals surface area contributed by atoms with Gasteiger partial charge in [0, 0.05) is 19.1 Å². The molecule has 0 radical (unpaired) electrons. The van der Waals surface area contributed by atoms with Gasteiger partial charge in [-0.1, -0.05) is 31.4 Å². The van der Waals surface area contributed by atoms with E-state index >= 15 is 0 Å². The molecule has 2 fully saturated rings. The SMILES string of the molecule is O=C(NCCCc1ccc(O)cc1)N(CC1CC1)C1CCCCC1. The standard InChI is InChI=1S/C20H30N2O2/c23-19-12-10-16(11-13-19)5-4-14-21-20(24)22(15-17-8-9-17)18-6-2-1-3-7-18/h10-13,17-18,23H,1-9,14-15H2,(H,21,24). The average Bonchev–Trinajstić information content (AvgIpc) is 3.43. The second-order valence-electron chi connectivity index (χ2n) is 7.39. The molecular formula is C20H30N2O2. The summed E-state index contributed by atoms with van der Waals surface area (Å²) >= 11 is 0. The summed E-state index contributed by atoms with van der Waals surface area (Å²) in [6, 6.07) is 7.91. The van der Waals surface area contributed by atoms with Gasteiger partial charge in [0.05, 0.1) is 0 Å². The molecule has 0 atom stereocenters. The molecule has 132 valence electrons. The van der Waals surface area contributed by atoms with Crippen LogP contribution in [0.4, 0.5) is 4.79 Å². The van der Waals surface area contributed by atoms with Crippen LogP contribution in [-0.4, -0.2) is 35.2 Å². The predicted molar refractivity (Wildman–Crippen MR) is 96.1 cm³/mol. The number of rotatable bonds is 7. The van der Waals surface area contributed by atoms with E-state index < -0.39 is 0 Å². The molecule has 1 aromatic rings. The first-order chi connectivity index (χ1) is 11.7. The third-order valence-electron chi connectivity index (χ3n) is 5.28. The number of aryl methyl sites for hydroxylation is 1. The van der Waals surface area contributed by atoms with E-state index in [1.165, 1.54) is 50.5 Å². The van der Waals surface area contributed by atoms with Crippen molar-refractivity contribution >= 4 is 6.03 Å². The lowest BCUT2D eigenvalue weighted by Crippen LogP contribution is -2.48. The van der Waals surface area contributed by atoms with Gasteiger partial charge in [-0.3, -0.25) is 0 Å². The third kappa shape index (κ3) is 5.15. The highest BCUT2D eigenvalue weighted by Crippen LogP contribution is 2.32. The molecule has 2 amide bonds. The van der Waals surface area contributed by atoms with E-state index in [1.807, 2.05) is 12.1 Å².